The normalized spacial score (nSPS) is 10.1. The summed E-state index contributed by atoms with van der Waals surface area (Å²) >= 11 is 1.78. The van der Waals surface area contributed by atoms with Gasteiger partial charge in [-0.1, -0.05) is 18.2 Å². The molecule has 2 aromatic rings. The van der Waals surface area contributed by atoms with E-state index < -0.39 is 0 Å². The predicted molar refractivity (Wildman–Crippen MR) is 95.3 cm³/mol. The van der Waals surface area contributed by atoms with Gasteiger partial charge >= 0.3 is 6.03 Å². The Balaban J connectivity index is 1.64. The Morgan fingerprint density at radius 3 is 2.35 bits per heavy atom. The Hall–Kier alpha value is -2.27. The number of amides is 2. The van der Waals surface area contributed by atoms with E-state index in [-0.39, 0.29) is 11.8 Å². The highest BCUT2D eigenvalue weighted by Crippen LogP contribution is 2.17. The molecule has 0 bridgehead atoms. The fraction of sp³-hybridized carbons (Fsp3) is 0.222. The number of carbonyl (C=O) groups is 2. The summed E-state index contributed by atoms with van der Waals surface area (Å²) in [6.45, 7) is 2.14. The zero-order valence-electron chi connectivity index (χ0n) is 13.0. The van der Waals surface area contributed by atoms with Gasteiger partial charge in [0.05, 0.1) is 0 Å². The maximum Gasteiger partial charge on any atom is 0.319 e. The van der Waals surface area contributed by atoms with Crippen molar-refractivity contribution in [2.75, 3.05) is 17.6 Å². The number of rotatable bonds is 7. The molecule has 4 nitrogen and oxygen atoms in total. The number of hydrogen-bond donors (Lipinski definition) is 2. The maximum atomic E-state index is 11.8. The Morgan fingerprint density at radius 1 is 1.00 bits per heavy atom. The highest BCUT2D eigenvalue weighted by atomic mass is 32.2. The second kappa shape index (κ2) is 9.00. The van der Waals surface area contributed by atoms with Crippen LogP contribution in [0.1, 0.15) is 23.7 Å². The molecule has 120 valence electrons. The minimum Gasteiger partial charge on any atom is -0.338 e. The van der Waals surface area contributed by atoms with Crippen LogP contribution in [-0.2, 0) is 0 Å². The van der Waals surface area contributed by atoms with Gasteiger partial charge in [0.1, 0.15) is 0 Å². The third-order valence-electron chi connectivity index (χ3n) is 3.17. The first-order valence-corrected chi connectivity index (χ1v) is 8.47. The summed E-state index contributed by atoms with van der Waals surface area (Å²) in [5.74, 6) is 0.967. The average molecular weight is 328 g/mol. The number of carbonyl (C=O) groups excluding carboxylic acids is 2. The van der Waals surface area contributed by atoms with Gasteiger partial charge in [-0.2, -0.15) is 0 Å². The Morgan fingerprint density at radius 2 is 1.70 bits per heavy atom. The van der Waals surface area contributed by atoms with Crippen LogP contribution < -0.4 is 10.6 Å². The van der Waals surface area contributed by atoms with Gasteiger partial charge in [0.2, 0.25) is 0 Å². The van der Waals surface area contributed by atoms with Gasteiger partial charge in [0.15, 0.2) is 5.78 Å². The van der Waals surface area contributed by atoms with Crippen molar-refractivity contribution in [3.63, 3.8) is 0 Å². The quantitative estimate of drug-likeness (QED) is 0.455. The van der Waals surface area contributed by atoms with E-state index in [1.54, 1.807) is 36.0 Å². The lowest BCUT2D eigenvalue weighted by atomic mass is 10.1. The highest BCUT2D eigenvalue weighted by Gasteiger charge is 2.03. The smallest absolute Gasteiger partial charge is 0.319 e. The summed E-state index contributed by atoms with van der Waals surface area (Å²) in [5, 5.41) is 5.57. The number of benzene rings is 2. The number of urea groups is 1. The third kappa shape index (κ3) is 6.16. The van der Waals surface area contributed by atoms with Gasteiger partial charge in [-0.15, -0.1) is 11.8 Å². The number of hydrogen-bond acceptors (Lipinski definition) is 3. The molecule has 2 N–H and O–H groups in total. The average Bonchev–Trinajstić information content (AvgIpc) is 2.56. The molecule has 0 spiro atoms. The van der Waals surface area contributed by atoms with Crippen molar-refractivity contribution in [2.24, 2.45) is 0 Å². The van der Waals surface area contributed by atoms with Gasteiger partial charge in [-0.05, 0) is 55.5 Å². The van der Waals surface area contributed by atoms with Crippen LogP contribution in [-0.4, -0.2) is 24.1 Å². The first-order valence-electron chi connectivity index (χ1n) is 7.49. The predicted octanol–water partition coefficient (Wildman–Crippen LogP) is 4.19. The van der Waals surface area contributed by atoms with Crippen molar-refractivity contribution in [1.82, 2.24) is 5.32 Å². The molecular weight excluding hydrogens is 308 g/mol. The second-order valence-electron chi connectivity index (χ2n) is 5.03. The van der Waals surface area contributed by atoms with Crippen molar-refractivity contribution < 1.29 is 9.59 Å². The fourth-order valence-corrected chi connectivity index (χ4v) is 2.82. The van der Waals surface area contributed by atoms with E-state index in [4.69, 9.17) is 0 Å². The zero-order chi connectivity index (χ0) is 16.5. The van der Waals surface area contributed by atoms with Crippen molar-refractivity contribution in [3.8, 4) is 0 Å². The van der Waals surface area contributed by atoms with E-state index in [0.29, 0.717) is 17.8 Å². The lowest BCUT2D eigenvalue weighted by Crippen LogP contribution is -2.29. The standard InChI is InChI=1S/C18H20N2O2S/c1-14(21)15-8-10-16(11-9-15)20-18(22)19-12-5-13-23-17-6-3-2-4-7-17/h2-4,6-11H,5,12-13H2,1H3,(H2,19,20,22). The molecule has 0 aliphatic carbocycles. The molecule has 0 saturated heterocycles. The molecule has 0 aromatic heterocycles. The number of thioether (sulfide) groups is 1. The van der Waals surface area contributed by atoms with Crippen LogP contribution in [0.5, 0.6) is 0 Å². The molecule has 0 unspecified atom stereocenters. The molecule has 2 amide bonds. The van der Waals surface area contributed by atoms with Crippen molar-refractivity contribution in [3.05, 3.63) is 60.2 Å². The Labute approximate surface area is 140 Å². The highest BCUT2D eigenvalue weighted by molar-refractivity contribution is 7.99. The molecule has 0 saturated carbocycles. The van der Waals surface area contributed by atoms with E-state index >= 15 is 0 Å². The van der Waals surface area contributed by atoms with Gasteiger partial charge in [0.25, 0.3) is 0 Å². The summed E-state index contributed by atoms with van der Waals surface area (Å²) in [6, 6.07) is 16.8. The molecule has 0 heterocycles. The topological polar surface area (TPSA) is 58.2 Å². The first-order chi connectivity index (χ1) is 11.1. The van der Waals surface area contributed by atoms with Crippen LogP contribution in [0.25, 0.3) is 0 Å². The number of nitrogens with one attached hydrogen (secondary N) is 2. The first kappa shape index (κ1) is 17.1. The van der Waals surface area contributed by atoms with Gasteiger partial charge in [-0.3, -0.25) is 4.79 Å². The Kier molecular flexibility index (Phi) is 6.69. The molecule has 2 rings (SSSR count). The summed E-state index contributed by atoms with van der Waals surface area (Å²) < 4.78 is 0. The van der Waals surface area contributed by atoms with E-state index in [1.807, 2.05) is 18.2 Å². The molecule has 0 aliphatic rings. The van der Waals surface area contributed by atoms with Crippen molar-refractivity contribution in [2.45, 2.75) is 18.2 Å². The SMILES string of the molecule is CC(=O)c1ccc(NC(=O)NCCCSc2ccccc2)cc1. The molecule has 5 heteroatoms. The molecule has 0 fully saturated rings. The molecule has 0 radical (unpaired) electrons. The van der Waals surface area contributed by atoms with Gasteiger partial charge in [0, 0.05) is 22.7 Å². The summed E-state index contributed by atoms with van der Waals surface area (Å²) in [6.07, 6.45) is 0.899. The van der Waals surface area contributed by atoms with Gasteiger partial charge < -0.3 is 10.6 Å². The van der Waals surface area contributed by atoms with Crippen LogP contribution in [0.2, 0.25) is 0 Å². The molecular formula is C18H20N2O2S. The van der Waals surface area contributed by atoms with Crippen LogP contribution in [0, 0.1) is 0 Å². The van der Waals surface area contributed by atoms with E-state index in [1.165, 1.54) is 11.8 Å². The molecule has 0 atom stereocenters. The summed E-state index contributed by atoms with van der Waals surface area (Å²) in [5.41, 5.74) is 1.31. The minimum atomic E-state index is -0.231. The minimum absolute atomic E-state index is 0.0110. The van der Waals surface area contributed by atoms with Gasteiger partial charge in [-0.25, -0.2) is 4.79 Å². The summed E-state index contributed by atoms with van der Waals surface area (Å²) in [4.78, 5) is 24.2. The lowest BCUT2D eigenvalue weighted by Gasteiger charge is -2.08. The molecule has 0 aliphatic heterocycles. The van der Waals surface area contributed by atoms with E-state index in [9.17, 15) is 9.59 Å². The largest absolute Gasteiger partial charge is 0.338 e. The second-order valence-corrected chi connectivity index (χ2v) is 6.20. The number of Topliss-reactive ketones (excluding diaryl/α,β-unsaturated/α-hetero) is 1. The van der Waals surface area contributed by atoms with E-state index in [0.717, 1.165) is 12.2 Å². The van der Waals surface area contributed by atoms with Crippen LogP contribution >= 0.6 is 11.8 Å². The summed E-state index contributed by atoms with van der Waals surface area (Å²) in [7, 11) is 0. The number of ketones is 1. The number of anilines is 1. The maximum absolute atomic E-state index is 11.8. The van der Waals surface area contributed by atoms with Crippen LogP contribution in [0.15, 0.2) is 59.5 Å². The van der Waals surface area contributed by atoms with E-state index in [2.05, 4.69) is 22.8 Å². The monoisotopic (exact) mass is 328 g/mol. The molecule has 23 heavy (non-hydrogen) atoms. The van der Waals surface area contributed by atoms with Crippen LogP contribution in [0.3, 0.4) is 0 Å². The van der Waals surface area contributed by atoms with Crippen LogP contribution in [0.4, 0.5) is 10.5 Å². The fourth-order valence-electron chi connectivity index (χ4n) is 1.94. The molecule has 2 aromatic carbocycles. The van der Waals surface area contributed by atoms with Crippen molar-refractivity contribution >= 4 is 29.3 Å². The Bertz CT molecular complexity index is 642. The van der Waals surface area contributed by atoms with Crippen molar-refractivity contribution in [1.29, 1.82) is 0 Å². The third-order valence-corrected chi connectivity index (χ3v) is 4.27. The zero-order valence-corrected chi connectivity index (χ0v) is 13.9. The lowest BCUT2D eigenvalue weighted by molar-refractivity contribution is 0.101.